The SMILES string of the molecule is COC(=O)c1cccc2nc(-c3cc(F)cc(Br)c3)nn12. The molecule has 0 unspecified atom stereocenters. The Morgan fingerprint density at radius 3 is 2.86 bits per heavy atom. The molecule has 106 valence electrons. The number of ether oxygens (including phenoxy) is 1. The molecule has 0 bridgehead atoms. The highest BCUT2D eigenvalue weighted by molar-refractivity contribution is 9.10. The van der Waals surface area contributed by atoms with Crippen LogP contribution in [0.1, 0.15) is 10.5 Å². The van der Waals surface area contributed by atoms with Gasteiger partial charge in [-0.2, -0.15) is 0 Å². The van der Waals surface area contributed by atoms with Crippen LogP contribution in [-0.4, -0.2) is 27.7 Å². The summed E-state index contributed by atoms with van der Waals surface area (Å²) in [7, 11) is 1.29. The Hall–Kier alpha value is -2.28. The molecule has 2 aromatic heterocycles. The van der Waals surface area contributed by atoms with Crippen LogP contribution in [-0.2, 0) is 4.74 Å². The first kappa shape index (κ1) is 13.7. The molecule has 0 radical (unpaired) electrons. The van der Waals surface area contributed by atoms with Crippen LogP contribution in [0, 0.1) is 5.82 Å². The van der Waals surface area contributed by atoms with Gasteiger partial charge in [-0.3, -0.25) is 0 Å². The van der Waals surface area contributed by atoms with Gasteiger partial charge >= 0.3 is 5.97 Å². The number of hydrogen-bond acceptors (Lipinski definition) is 4. The predicted molar refractivity (Wildman–Crippen MR) is 77.4 cm³/mol. The van der Waals surface area contributed by atoms with Crippen molar-refractivity contribution >= 4 is 27.5 Å². The van der Waals surface area contributed by atoms with E-state index in [1.54, 1.807) is 24.3 Å². The number of methoxy groups -OCH3 is 1. The van der Waals surface area contributed by atoms with E-state index in [4.69, 9.17) is 4.74 Å². The Morgan fingerprint density at radius 2 is 2.14 bits per heavy atom. The van der Waals surface area contributed by atoms with E-state index in [1.165, 1.54) is 23.8 Å². The second-order valence-corrected chi connectivity index (χ2v) is 5.18. The molecule has 0 aliphatic rings. The molecule has 3 rings (SSSR count). The second-order valence-electron chi connectivity index (χ2n) is 4.27. The van der Waals surface area contributed by atoms with Crippen molar-refractivity contribution in [3.8, 4) is 11.4 Å². The molecule has 2 heterocycles. The number of pyridine rings is 1. The van der Waals surface area contributed by atoms with Gasteiger partial charge in [-0.25, -0.2) is 18.7 Å². The van der Waals surface area contributed by atoms with Crippen molar-refractivity contribution in [2.45, 2.75) is 0 Å². The lowest BCUT2D eigenvalue weighted by molar-refractivity contribution is 0.0591. The van der Waals surface area contributed by atoms with Crippen LogP contribution < -0.4 is 0 Å². The quantitative estimate of drug-likeness (QED) is 0.667. The first-order valence-corrected chi connectivity index (χ1v) is 6.78. The van der Waals surface area contributed by atoms with E-state index in [-0.39, 0.29) is 5.69 Å². The molecule has 3 aromatic rings. The number of carbonyl (C=O) groups excluding carboxylic acids is 1. The highest BCUT2D eigenvalue weighted by atomic mass is 79.9. The number of nitrogens with zero attached hydrogens (tertiary/aromatic N) is 3. The first-order valence-electron chi connectivity index (χ1n) is 5.99. The minimum atomic E-state index is -0.516. The average Bonchev–Trinajstić information content (AvgIpc) is 2.89. The van der Waals surface area contributed by atoms with Crippen molar-refractivity contribution in [1.29, 1.82) is 0 Å². The first-order chi connectivity index (χ1) is 10.1. The fraction of sp³-hybridized carbons (Fsp3) is 0.0714. The molecule has 5 nitrogen and oxygen atoms in total. The van der Waals surface area contributed by atoms with E-state index >= 15 is 0 Å². The monoisotopic (exact) mass is 349 g/mol. The van der Waals surface area contributed by atoms with E-state index in [9.17, 15) is 9.18 Å². The van der Waals surface area contributed by atoms with E-state index in [0.29, 0.717) is 21.5 Å². The zero-order valence-electron chi connectivity index (χ0n) is 10.9. The van der Waals surface area contributed by atoms with Crippen molar-refractivity contribution in [1.82, 2.24) is 14.6 Å². The maximum absolute atomic E-state index is 13.5. The smallest absolute Gasteiger partial charge is 0.356 e. The Kier molecular flexibility index (Phi) is 3.42. The zero-order chi connectivity index (χ0) is 15.0. The van der Waals surface area contributed by atoms with Gasteiger partial charge in [-0.1, -0.05) is 22.0 Å². The predicted octanol–water partition coefficient (Wildman–Crippen LogP) is 3.08. The molecule has 0 saturated carbocycles. The molecule has 0 saturated heterocycles. The van der Waals surface area contributed by atoms with Gasteiger partial charge in [0.05, 0.1) is 7.11 Å². The van der Waals surface area contributed by atoms with Gasteiger partial charge in [0.25, 0.3) is 0 Å². The highest BCUT2D eigenvalue weighted by Crippen LogP contribution is 2.23. The van der Waals surface area contributed by atoms with Crippen LogP contribution in [0.5, 0.6) is 0 Å². The Morgan fingerprint density at radius 1 is 1.33 bits per heavy atom. The number of aromatic nitrogens is 3. The van der Waals surface area contributed by atoms with Crippen molar-refractivity contribution in [3.05, 3.63) is 52.4 Å². The number of halogens is 2. The summed E-state index contributed by atoms with van der Waals surface area (Å²) in [5, 5.41) is 4.25. The maximum Gasteiger partial charge on any atom is 0.356 e. The third kappa shape index (κ3) is 2.52. The lowest BCUT2D eigenvalue weighted by Gasteiger charge is -2.00. The lowest BCUT2D eigenvalue weighted by atomic mass is 10.2. The molecular weight excluding hydrogens is 341 g/mol. The molecular formula is C14H9BrFN3O2. The summed E-state index contributed by atoms with van der Waals surface area (Å²) in [6.45, 7) is 0. The summed E-state index contributed by atoms with van der Waals surface area (Å²) in [6.07, 6.45) is 0. The van der Waals surface area contributed by atoms with E-state index in [0.717, 1.165) is 0 Å². The fourth-order valence-corrected chi connectivity index (χ4v) is 2.43. The Balaban J connectivity index is 2.19. The van der Waals surface area contributed by atoms with E-state index in [1.807, 2.05) is 0 Å². The Bertz CT molecular complexity index is 827. The molecule has 0 aliphatic carbocycles. The van der Waals surface area contributed by atoms with Crippen molar-refractivity contribution in [2.75, 3.05) is 7.11 Å². The number of benzene rings is 1. The lowest BCUT2D eigenvalue weighted by Crippen LogP contribution is -2.08. The van der Waals surface area contributed by atoms with Crippen LogP contribution in [0.3, 0.4) is 0 Å². The molecule has 21 heavy (non-hydrogen) atoms. The average molecular weight is 350 g/mol. The molecule has 0 N–H and O–H groups in total. The second kappa shape index (κ2) is 5.25. The minimum Gasteiger partial charge on any atom is -0.464 e. The van der Waals surface area contributed by atoms with Crippen molar-refractivity contribution in [3.63, 3.8) is 0 Å². The van der Waals surface area contributed by atoms with Crippen LogP contribution in [0.15, 0.2) is 40.9 Å². The van der Waals surface area contributed by atoms with Gasteiger partial charge in [0.2, 0.25) is 0 Å². The molecule has 0 spiro atoms. The summed E-state index contributed by atoms with van der Waals surface area (Å²) in [4.78, 5) is 16.0. The van der Waals surface area contributed by atoms with Crippen LogP contribution in [0.4, 0.5) is 4.39 Å². The molecule has 0 amide bonds. The van der Waals surface area contributed by atoms with E-state index < -0.39 is 11.8 Å². The molecule has 0 aliphatic heterocycles. The summed E-state index contributed by atoms with van der Waals surface area (Å²) < 4.78 is 20.1. The van der Waals surface area contributed by atoms with Crippen molar-refractivity contribution < 1.29 is 13.9 Å². The largest absolute Gasteiger partial charge is 0.464 e. The molecule has 0 fully saturated rings. The third-order valence-corrected chi connectivity index (χ3v) is 3.33. The topological polar surface area (TPSA) is 56.5 Å². The molecule has 7 heteroatoms. The van der Waals surface area contributed by atoms with E-state index in [2.05, 4.69) is 26.0 Å². The van der Waals surface area contributed by atoms with Gasteiger partial charge in [0, 0.05) is 10.0 Å². The normalized spacial score (nSPS) is 10.8. The minimum absolute atomic E-state index is 0.254. The zero-order valence-corrected chi connectivity index (χ0v) is 12.5. The molecule has 0 atom stereocenters. The summed E-state index contributed by atoms with van der Waals surface area (Å²) >= 11 is 3.23. The summed E-state index contributed by atoms with van der Waals surface area (Å²) in [5.41, 5.74) is 1.25. The number of esters is 1. The van der Waals surface area contributed by atoms with Crippen LogP contribution >= 0.6 is 15.9 Å². The summed E-state index contributed by atoms with van der Waals surface area (Å²) in [6, 6.07) is 9.35. The van der Waals surface area contributed by atoms with Gasteiger partial charge in [-0.05, 0) is 30.3 Å². The highest BCUT2D eigenvalue weighted by Gasteiger charge is 2.15. The van der Waals surface area contributed by atoms with Crippen molar-refractivity contribution in [2.24, 2.45) is 0 Å². The van der Waals surface area contributed by atoms with Crippen LogP contribution in [0.2, 0.25) is 0 Å². The standard InChI is InChI=1S/C14H9BrFN3O2/c1-21-14(20)11-3-2-4-12-17-13(18-19(11)12)8-5-9(15)7-10(16)6-8/h2-7H,1H3. The number of hydrogen-bond donors (Lipinski definition) is 0. The maximum atomic E-state index is 13.5. The molecule has 1 aromatic carbocycles. The summed E-state index contributed by atoms with van der Waals surface area (Å²) in [5.74, 6) is -0.588. The van der Waals surface area contributed by atoms with Gasteiger partial charge in [0.15, 0.2) is 17.2 Å². The van der Waals surface area contributed by atoms with Crippen LogP contribution in [0.25, 0.3) is 17.0 Å². The number of rotatable bonds is 2. The Labute approximate surface area is 127 Å². The number of carbonyl (C=O) groups is 1. The number of fused-ring (bicyclic) bond motifs is 1. The van der Waals surface area contributed by atoms with Gasteiger partial charge < -0.3 is 4.74 Å². The fourth-order valence-electron chi connectivity index (χ4n) is 1.97. The third-order valence-electron chi connectivity index (χ3n) is 2.88. The van der Waals surface area contributed by atoms with Gasteiger partial charge in [0.1, 0.15) is 5.82 Å². The van der Waals surface area contributed by atoms with Gasteiger partial charge in [-0.15, -0.1) is 5.10 Å².